The molecule has 2 fully saturated rings. The molecule has 2 N–H and O–H groups in total. The molecule has 3 aromatic rings. The van der Waals surface area contributed by atoms with Crippen LogP contribution in [0.4, 0.5) is 10.7 Å². The minimum atomic E-state index is -0.0689. The second kappa shape index (κ2) is 8.35. The zero-order chi connectivity index (χ0) is 21.2. The summed E-state index contributed by atoms with van der Waals surface area (Å²) in [6, 6.07) is 13.6. The molecule has 1 saturated carbocycles. The van der Waals surface area contributed by atoms with Crippen LogP contribution in [0.5, 0.6) is 0 Å². The van der Waals surface area contributed by atoms with Crippen LogP contribution in [0.1, 0.15) is 18.4 Å². The third-order valence-electron chi connectivity index (χ3n) is 5.53. The van der Waals surface area contributed by atoms with Crippen molar-refractivity contribution in [2.75, 3.05) is 31.6 Å². The first-order valence-corrected chi connectivity index (χ1v) is 10.5. The monoisotopic (exact) mass is 420 g/mol. The predicted molar refractivity (Wildman–Crippen MR) is 114 cm³/mol. The number of nitrogens with one attached hydrogen (secondary N) is 2. The van der Waals surface area contributed by atoms with Crippen molar-refractivity contribution in [1.82, 2.24) is 24.8 Å². The number of anilines is 1. The van der Waals surface area contributed by atoms with Gasteiger partial charge in [-0.2, -0.15) is 4.98 Å². The van der Waals surface area contributed by atoms with Crippen LogP contribution in [0.15, 0.2) is 42.5 Å². The molecule has 0 unspecified atom stereocenters. The zero-order valence-corrected chi connectivity index (χ0v) is 17.1. The maximum atomic E-state index is 12.2. The van der Waals surface area contributed by atoms with Crippen LogP contribution < -0.4 is 10.6 Å². The molecular weight excluding hydrogens is 396 g/mol. The van der Waals surface area contributed by atoms with Crippen LogP contribution in [-0.4, -0.2) is 57.7 Å². The van der Waals surface area contributed by atoms with Crippen molar-refractivity contribution in [3.63, 3.8) is 0 Å². The molecular formula is C22H24N6O3. The highest BCUT2D eigenvalue weighted by Crippen LogP contribution is 2.30. The van der Waals surface area contributed by atoms with Gasteiger partial charge in [0.2, 0.25) is 11.9 Å². The van der Waals surface area contributed by atoms with E-state index in [1.54, 1.807) is 9.42 Å². The van der Waals surface area contributed by atoms with Crippen LogP contribution in [0.3, 0.4) is 0 Å². The van der Waals surface area contributed by atoms with E-state index in [2.05, 4.69) is 20.7 Å². The van der Waals surface area contributed by atoms with E-state index in [0.717, 1.165) is 29.7 Å². The number of urea groups is 1. The van der Waals surface area contributed by atoms with Crippen molar-refractivity contribution in [1.29, 1.82) is 0 Å². The summed E-state index contributed by atoms with van der Waals surface area (Å²) in [4.78, 5) is 30.4. The van der Waals surface area contributed by atoms with Crippen molar-refractivity contribution in [2.24, 2.45) is 5.92 Å². The lowest BCUT2D eigenvalue weighted by molar-refractivity contribution is -0.117. The highest BCUT2D eigenvalue weighted by Gasteiger charge is 2.30. The molecule has 0 atom stereocenters. The van der Waals surface area contributed by atoms with Crippen LogP contribution in [0, 0.1) is 5.92 Å². The Hall–Kier alpha value is -3.46. The Kier molecular flexibility index (Phi) is 5.25. The van der Waals surface area contributed by atoms with E-state index in [1.165, 1.54) is 0 Å². The van der Waals surface area contributed by atoms with E-state index in [9.17, 15) is 9.59 Å². The van der Waals surface area contributed by atoms with E-state index < -0.39 is 0 Å². The maximum Gasteiger partial charge on any atom is 0.317 e. The Balaban J connectivity index is 1.28. The molecule has 2 aromatic heterocycles. The highest BCUT2D eigenvalue weighted by molar-refractivity contribution is 5.92. The number of rotatable bonds is 5. The number of amides is 3. The van der Waals surface area contributed by atoms with E-state index in [0.29, 0.717) is 44.4 Å². The van der Waals surface area contributed by atoms with Crippen LogP contribution in [0.2, 0.25) is 0 Å². The summed E-state index contributed by atoms with van der Waals surface area (Å²) in [6.07, 6.45) is 1.87. The minimum absolute atomic E-state index is 0.0130. The lowest BCUT2D eigenvalue weighted by Gasteiger charge is -2.26. The Morgan fingerprint density at radius 2 is 1.84 bits per heavy atom. The molecule has 5 rings (SSSR count). The molecule has 3 amide bonds. The third kappa shape index (κ3) is 4.36. The molecule has 1 saturated heterocycles. The summed E-state index contributed by atoms with van der Waals surface area (Å²) in [5.74, 6) is 0.412. The van der Waals surface area contributed by atoms with Crippen molar-refractivity contribution in [3.05, 3.63) is 48.0 Å². The fourth-order valence-corrected chi connectivity index (χ4v) is 3.58. The Morgan fingerprint density at radius 1 is 1.06 bits per heavy atom. The number of morpholine rings is 1. The lowest BCUT2D eigenvalue weighted by Crippen LogP contribution is -2.45. The highest BCUT2D eigenvalue weighted by atomic mass is 16.5. The standard InChI is InChI=1S/C22H24N6O3/c29-20(17-8-9-17)25-21-24-19-3-1-2-18(28(19)26-21)16-6-4-15(5-7-16)14-23-22(30)27-10-12-31-13-11-27/h1-7,17H,8-14H2,(H,23,30)(H,25,26,29). The second-order valence-electron chi connectivity index (χ2n) is 7.84. The number of ether oxygens (including phenoxy) is 1. The van der Waals surface area contributed by atoms with E-state index in [4.69, 9.17) is 4.74 Å². The average Bonchev–Trinajstić information content (AvgIpc) is 3.58. The topological polar surface area (TPSA) is 101 Å². The van der Waals surface area contributed by atoms with Gasteiger partial charge in [0, 0.05) is 31.1 Å². The van der Waals surface area contributed by atoms with Crippen molar-refractivity contribution < 1.29 is 14.3 Å². The number of pyridine rings is 1. The summed E-state index contributed by atoms with van der Waals surface area (Å²) < 4.78 is 7.01. The van der Waals surface area contributed by atoms with Gasteiger partial charge in [-0.3, -0.25) is 10.1 Å². The first-order valence-electron chi connectivity index (χ1n) is 10.5. The summed E-state index contributed by atoms with van der Waals surface area (Å²) in [5, 5.41) is 10.2. The second-order valence-corrected chi connectivity index (χ2v) is 7.84. The first kappa shape index (κ1) is 19.5. The first-order chi connectivity index (χ1) is 15.2. The Labute approximate surface area is 179 Å². The summed E-state index contributed by atoms with van der Waals surface area (Å²) in [7, 11) is 0. The molecule has 31 heavy (non-hydrogen) atoms. The van der Waals surface area contributed by atoms with Gasteiger partial charge in [0.05, 0.1) is 18.9 Å². The molecule has 1 aromatic carbocycles. The number of benzene rings is 1. The number of nitrogens with zero attached hydrogens (tertiary/aromatic N) is 4. The number of carbonyl (C=O) groups is 2. The maximum absolute atomic E-state index is 12.2. The number of hydrogen-bond donors (Lipinski definition) is 2. The molecule has 9 heteroatoms. The fourth-order valence-electron chi connectivity index (χ4n) is 3.58. The van der Waals surface area contributed by atoms with Crippen LogP contribution in [0.25, 0.3) is 16.9 Å². The number of carbonyl (C=O) groups excluding carboxylic acids is 2. The van der Waals surface area contributed by atoms with E-state index >= 15 is 0 Å². The van der Waals surface area contributed by atoms with Crippen molar-refractivity contribution >= 4 is 23.5 Å². The molecule has 1 aliphatic carbocycles. The molecule has 3 heterocycles. The third-order valence-corrected chi connectivity index (χ3v) is 5.53. The van der Waals surface area contributed by atoms with Gasteiger partial charge in [-0.1, -0.05) is 30.3 Å². The van der Waals surface area contributed by atoms with Gasteiger partial charge in [0.15, 0.2) is 5.65 Å². The minimum Gasteiger partial charge on any atom is -0.378 e. The summed E-state index contributed by atoms with van der Waals surface area (Å²) in [6.45, 7) is 2.87. The van der Waals surface area contributed by atoms with Gasteiger partial charge in [-0.15, -0.1) is 5.10 Å². The van der Waals surface area contributed by atoms with Gasteiger partial charge < -0.3 is 15.0 Å². The smallest absolute Gasteiger partial charge is 0.317 e. The zero-order valence-electron chi connectivity index (χ0n) is 17.1. The molecule has 9 nitrogen and oxygen atoms in total. The fraction of sp³-hybridized carbons (Fsp3) is 0.364. The summed E-state index contributed by atoms with van der Waals surface area (Å²) >= 11 is 0. The van der Waals surface area contributed by atoms with Gasteiger partial charge in [0.25, 0.3) is 0 Å². The molecule has 0 spiro atoms. The molecule has 160 valence electrons. The lowest BCUT2D eigenvalue weighted by atomic mass is 10.1. The molecule has 2 aliphatic rings. The predicted octanol–water partition coefficient (Wildman–Crippen LogP) is 2.29. The number of fused-ring (bicyclic) bond motifs is 1. The van der Waals surface area contributed by atoms with Crippen molar-refractivity contribution in [2.45, 2.75) is 19.4 Å². The summed E-state index contributed by atoms with van der Waals surface area (Å²) in [5.41, 5.74) is 3.53. The van der Waals surface area contributed by atoms with Gasteiger partial charge in [0.1, 0.15) is 0 Å². The average molecular weight is 420 g/mol. The van der Waals surface area contributed by atoms with Gasteiger partial charge >= 0.3 is 6.03 Å². The SMILES string of the molecule is O=C(Nc1nc2cccc(-c3ccc(CNC(=O)N4CCOCC4)cc3)n2n1)C1CC1. The van der Waals surface area contributed by atoms with Crippen LogP contribution >= 0.6 is 0 Å². The Morgan fingerprint density at radius 3 is 2.58 bits per heavy atom. The normalized spacial score (nSPS) is 16.3. The van der Waals surface area contributed by atoms with Gasteiger partial charge in [-0.25, -0.2) is 9.31 Å². The molecule has 0 bridgehead atoms. The molecule has 1 aliphatic heterocycles. The quantitative estimate of drug-likeness (QED) is 0.660. The van der Waals surface area contributed by atoms with Crippen molar-refractivity contribution in [3.8, 4) is 11.3 Å². The largest absolute Gasteiger partial charge is 0.378 e. The van der Waals surface area contributed by atoms with Crippen LogP contribution in [-0.2, 0) is 16.1 Å². The Bertz CT molecular complexity index is 1100. The number of aromatic nitrogens is 3. The molecule has 0 radical (unpaired) electrons. The van der Waals surface area contributed by atoms with E-state index in [-0.39, 0.29) is 17.9 Å². The number of hydrogen-bond acceptors (Lipinski definition) is 5. The van der Waals surface area contributed by atoms with Gasteiger partial charge in [-0.05, 0) is 30.5 Å². The van der Waals surface area contributed by atoms with E-state index in [1.807, 2.05) is 42.5 Å².